The molecule has 0 saturated carbocycles. The summed E-state index contributed by atoms with van der Waals surface area (Å²) in [5, 5.41) is 11.2. The van der Waals surface area contributed by atoms with E-state index in [0.29, 0.717) is 0 Å². The topological polar surface area (TPSA) is 309 Å². The Kier molecular flexibility index (Phi) is 10.2. The number of phosphoric ester groups is 1. The van der Waals surface area contributed by atoms with Crippen molar-refractivity contribution in [2.24, 2.45) is 0 Å². The molecule has 23 heteroatoms. The highest BCUT2D eigenvalue weighted by atomic mass is 31.2. The van der Waals surface area contributed by atoms with Crippen LogP contribution < -0.4 is 17.2 Å². The SMILES string of the molecule is C=CCCC(=O)O[C@@H]1C(COP(=O)(O)[C@H]2C[C@H](n3ccc(N)nc3=O)O[C@@H]2COP(=O)(O)O)O[C@@H](n2cnc3c(N)ncnc32)[C@@H]1O. The lowest BCUT2D eigenvalue weighted by molar-refractivity contribution is -0.156. The first kappa shape index (κ1) is 34.7. The summed E-state index contributed by atoms with van der Waals surface area (Å²) < 4.78 is 54.6. The zero-order valence-electron chi connectivity index (χ0n) is 24.4. The van der Waals surface area contributed by atoms with Crippen LogP contribution in [0.4, 0.5) is 11.6 Å². The second-order valence-corrected chi connectivity index (χ2v) is 13.8. The van der Waals surface area contributed by atoms with Gasteiger partial charge >= 0.3 is 27.1 Å². The number of imidazole rings is 1. The summed E-state index contributed by atoms with van der Waals surface area (Å²) in [7, 11) is -9.87. The van der Waals surface area contributed by atoms with Gasteiger partial charge in [-0.25, -0.2) is 24.3 Å². The van der Waals surface area contributed by atoms with E-state index < -0.39 is 82.8 Å². The van der Waals surface area contributed by atoms with Crippen LogP contribution in [0, 0.1) is 0 Å². The van der Waals surface area contributed by atoms with Crippen molar-refractivity contribution in [1.29, 1.82) is 0 Å². The summed E-state index contributed by atoms with van der Waals surface area (Å²) in [5.41, 5.74) is 9.45. The van der Waals surface area contributed by atoms with Crippen LogP contribution in [0.3, 0.4) is 0 Å². The zero-order valence-corrected chi connectivity index (χ0v) is 26.2. The number of nitrogens with two attached hydrogens (primary N) is 2. The number of phosphoric acid groups is 1. The Hall–Kier alpha value is -3.62. The first-order valence-electron chi connectivity index (χ1n) is 13.9. The first-order valence-corrected chi connectivity index (χ1v) is 17.1. The van der Waals surface area contributed by atoms with Crippen LogP contribution >= 0.6 is 15.4 Å². The van der Waals surface area contributed by atoms with Crippen molar-refractivity contribution < 1.29 is 57.0 Å². The predicted molar refractivity (Wildman–Crippen MR) is 158 cm³/mol. The molecule has 0 bridgehead atoms. The van der Waals surface area contributed by atoms with Crippen LogP contribution in [-0.2, 0) is 37.2 Å². The predicted octanol–water partition coefficient (Wildman–Crippen LogP) is -0.649. The second-order valence-electron chi connectivity index (χ2n) is 10.5. The van der Waals surface area contributed by atoms with Gasteiger partial charge in [0.1, 0.15) is 36.1 Å². The van der Waals surface area contributed by atoms with Gasteiger partial charge in [0, 0.05) is 19.0 Å². The van der Waals surface area contributed by atoms with E-state index in [1.54, 1.807) is 0 Å². The number of nitrogens with zero attached hydrogens (tertiary/aromatic N) is 6. The number of allylic oxidation sites excluding steroid dienone is 1. The van der Waals surface area contributed by atoms with Crippen LogP contribution in [0.2, 0.25) is 0 Å². The van der Waals surface area contributed by atoms with E-state index in [1.165, 1.54) is 35.6 Å². The first-order chi connectivity index (χ1) is 22.2. The van der Waals surface area contributed by atoms with Crippen molar-refractivity contribution in [2.45, 2.75) is 61.8 Å². The number of aliphatic hydroxyl groups is 1. The summed E-state index contributed by atoms with van der Waals surface area (Å²) in [6.45, 7) is 1.98. The molecule has 2 fully saturated rings. The fourth-order valence-electron chi connectivity index (χ4n) is 5.19. The van der Waals surface area contributed by atoms with Crippen LogP contribution in [0.5, 0.6) is 0 Å². The highest BCUT2D eigenvalue weighted by Gasteiger charge is 2.52. The molecule has 8 N–H and O–H groups in total. The molecule has 256 valence electrons. The fourth-order valence-corrected chi connectivity index (χ4v) is 7.10. The van der Waals surface area contributed by atoms with Crippen LogP contribution in [0.1, 0.15) is 31.7 Å². The van der Waals surface area contributed by atoms with Gasteiger partial charge in [0.15, 0.2) is 23.8 Å². The van der Waals surface area contributed by atoms with Crippen LogP contribution in [0.15, 0.2) is 42.4 Å². The summed E-state index contributed by atoms with van der Waals surface area (Å²) in [4.78, 5) is 70.3. The highest BCUT2D eigenvalue weighted by molar-refractivity contribution is 7.53. The third-order valence-electron chi connectivity index (χ3n) is 7.41. The van der Waals surface area contributed by atoms with Crippen molar-refractivity contribution in [1.82, 2.24) is 29.1 Å². The lowest BCUT2D eigenvalue weighted by atomic mass is 10.1. The molecule has 47 heavy (non-hydrogen) atoms. The number of esters is 1. The van der Waals surface area contributed by atoms with Crippen molar-refractivity contribution in [3.8, 4) is 0 Å². The maximum Gasteiger partial charge on any atom is 0.469 e. The van der Waals surface area contributed by atoms with Gasteiger partial charge in [0.05, 0.1) is 31.3 Å². The molecule has 5 heterocycles. The number of anilines is 2. The number of rotatable bonds is 13. The molecule has 2 unspecified atom stereocenters. The van der Waals surface area contributed by atoms with E-state index in [2.05, 4.69) is 31.0 Å². The Labute approximate surface area is 264 Å². The number of nitrogen functional groups attached to an aromatic ring is 2. The van der Waals surface area contributed by atoms with Gasteiger partial charge in [0.2, 0.25) is 0 Å². The molecular weight excluding hydrogens is 670 g/mol. The molecule has 3 aromatic rings. The van der Waals surface area contributed by atoms with E-state index in [4.69, 9.17) is 30.2 Å². The molecule has 0 amide bonds. The smallest absolute Gasteiger partial charge is 0.457 e. The average Bonchev–Trinajstić information content (AvgIpc) is 3.71. The normalized spacial score (nSPS) is 27.5. The molecule has 21 nitrogen and oxygen atoms in total. The van der Waals surface area contributed by atoms with Gasteiger partial charge in [-0.1, -0.05) is 6.08 Å². The molecule has 3 aromatic heterocycles. The molecular formula is C24H32N8O13P2. The molecule has 2 aliphatic heterocycles. The van der Waals surface area contributed by atoms with Gasteiger partial charge in [-0.3, -0.25) is 23.0 Å². The van der Waals surface area contributed by atoms with Gasteiger partial charge in [0.25, 0.3) is 0 Å². The minimum absolute atomic E-state index is 0.0566. The minimum Gasteiger partial charge on any atom is -0.457 e. The number of fused-ring (bicyclic) bond motifs is 1. The minimum atomic E-state index is -5.04. The molecule has 0 radical (unpaired) electrons. The van der Waals surface area contributed by atoms with E-state index in [9.17, 15) is 38.5 Å². The molecule has 8 atom stereocenters. The lowest BCUT2D eigenvalue weighted by Gasteiger charge is -2.25. The summed E-state index contributed by atoms with van der Waals surface area (Å²) in [6.07, 6.45) is -3.21. The number of carbonyl (C=O) groups excluding carboxylic acids is 1. The molecule has 0 aromatic carbocycles. The van der Waals surface area contributed by atoms with Crippen molar-refractivity contribution >= 4 is 44.2 Å². The van der Waals surface area contributed by atoms with Crippen LogP contribution in [-0.4, -0.2) is 98.1 Å². The summed E-state index contributed by atoms with van der Waals surface area (Å²) in [6, 6.07) is 1.29. The van der Waals surface area contributed by atoms with Gasteiger partial charge < -0.3 is 50.0 Å². The zero-order chi connectivity index (χ0) is 34.1. The molecule has 0 spiro atoms. The molecule has 2 saturated heterocycles. The Morgan fingerprint density at radius 3 is 2.55 bits per heavy atom. The summed E-state index contributed by atoms with van der Waals surface area (Å²) >= 11 is 0. The van der Waals surface area contributed by atoms with E-state index in [1.807, 2.05) is 0 Å². The Morgan fingerprint density at radius 2 is 1.85 bits per heavy atom. The number of hydrogen-bond donors (Lipinski definition) is 6. The van der Waals surface area contributed by atoms with Crippen molar-refractivity contribution in [2.75, 3.05) is 24.7 Å². The Morgan fingerprint density at radius 1 is 1.11 bits per heavy atom. The van der Waals surface area contributed by atoms with Gasteiger partial charge in [-0.15, -0.1) is 6.58 Å². The maximum absolute atomic E-state index is 13.7. The van der Waals surface area contributed by atoms with Crippen molar-refractivity contribution in [3.63, 3.8) is 0 Å². The molecule has 5 rings (SSSR count). The lowest BCUT2D eigenvalue weighted by Crippen LogP contribution is -2.38. The number of aromatic nitrogens is 6. The number of hydrogen-bond acceptors (Lipinski definition) is 16. The monoisotopic (exact) mass is 702 g/mol. The molecule has 2 aliphatic rings. The second kappa shape index (κ2) is 13.9. The maximum atomic E-state index is 13.7. The summed E-state index contributed by atoms with van der Waals surface area (Å²) in [5.74, 6) is -0.752. The number of aliphatic hydroxyl groups excluding tert-OH is 1. The Bertz CT molecular complexity index is 1780. The number of ether oxygens (including phenoxy) is 3. The third kappa shape index (κ3) is 7.76. The average molecular weight is 703 g/mol. The van der Waals surface area contributed by atoms with Crippen LogP contribution in [0.25, 0.3) is 11.2 Å². The standard InChI is InChI=1S/C24H32N8O13P2/c1-2-3-4-17(33)45-20-13(44-23(19(20)34)32-11-29-18-21(26)27-10-28-22(18)32)9-41-46(36,37)14-7-16(31-6-5-15(25)30-24(31)35)43-12(14)8-42-47(38,39)40/h2,5-6,10-14,16,19-20,23,34H,1,3-4,7-9H2,(H,36,37)(H2,25,30,35)(H2,26,27,28)(H2,38,39,40)/t12-,13?,14+,16-,19-,20-,23-/m1/s1. The van der Waals surface area contributed by atoms with E-state index >= 15 is 0 Å². The highest BCUT2D eigenvalue weighted by Crippen LogP contribution is 2.56. The fraction of sp³-hybridized carbons (Fsp3) is 0.500. The largest absolute Gasteiger partial charge is 0.469 e. The molecule has 0 aliphatic carbocycles. The van der Waals surface area contributed by atoms with Gasteiger partial charge in [-0.2, -0.15) is 4.98 Å². The van der Waals surface area contributed by atoms with E-state index in [0.717, 1.165) is 4.57 Å². The third-order valence-corrected chi connectivity index (χ3v) is 9.79. The Balaban J connectivity index is 1.38. The van der Waals surface area contributed by atoms with Gasteiger partial charge in [-0.05, 0) is 12.5 Å². The van der Waals surface area contributed by atoms with E-state index in [-0.39, 0.29) is 42.1 Å². The quantitative estimate of drug-likeness (QED) is 0.0732. The van der Waals surface area contributed by atoms with Crippen molar-refractivity contribution in [3.05, 3.63) is 48.1 Å². The number of carbonyl (C=O) groups is 1.